The Morgan fingerprint density at radius 3 is 2.26 bits per heavy atom. The molecular weight excluding hydrogens is 522 g/mol. The van der Waals surface area contributed by atoms with Crippen LogP contribution >= 0.6 is 10.0 Å². The number of hydrogen-bond donors (Lipinski definition) is 5. The predicted octanol–water partition coefficient (Wildman–Crippen LogP) is 1.19. The number of aliphatic hydroxyl groups is 3. The summed E-state index contributed by atoms with van der Waals surface area (Å²) in [5.74, 6) is -3.77. The Balaban J connectivity index is 1.99. The fourth-order valence-electron chi connectivity index (χ4n) is 6.00. The van der Waals surface area contributed by atoms with Gasteiger partial charge in [0.2, 0.25) is 5.78 Å². The van der Waals surface area contributed by atoms with Gasteiger partial charge in [-0.05, 0) is 68.5 Å². The monoisotopic (exact) mass is 557 g/mol. The lowest BCUT2D eigenvalue weighted by atomic mass is 9.58. The first kappa shape index (κ1) is 28.5. The molecule has 0 fully saturated rings. The zero-order valence-corrected chi connectivity index (χ0v) is 23.9. The summed E-state index contributed by atoms with van der Waals surface area (Å²) in [6.07, 6.45) is 6.24. The number of aromatic hydroxyl groups is 1. The molecule has 4 atom stereocenters. The van der Waals surface area contributed by atoms with Crippen LogP contribution in [-0.2, 0) is 16.0 Å². The van der Waals surface area contributed by atoms with Gasteiger partial charge in [0.25, 0.3) is 5.91 Å². The molecule has 39 heavy (non-hydrogen) atoms. The number of aliphatic hydroxyl groups excluding tert-OH is 2. The van der Waals surface area contributed by atoms with Crippen molar-refractivity contribution in [3.05, 3.63) is 45.4 Å². The van der Waals surface area contributed by atoms with Crippen LogP contribution in [-0.4, -0.2) is 101 Å². The van der Waals surface area contributed by atoms with E-state index in [0.29, 0.717) is 11.3 Å². The minimum atomic E-state index is -2.67. The number of phenolic OH excluding ortho intramolecular Hbond substituents is 1. The highest BCUT2D eigenvalue weighted by Gasteiger charge is 2.63. The minimum Gasteiger partial charge on any atom is -0.510 e. The maximum absolute atomic E-state index is 14.0. The largest absolute Gasteiger partial charge is 0.510 e. The van der Waals surface area contributed by atoms with Crippen LogP contribution in [0.4, 0.5) is 5.69 Å². The Labute approximate surface area is 229 Å². The summed E-state index contributed by atoms with van der Waals surface area (Å²) < 4.78 is 0. The number of carbonyl (C=O) groups is 3. The molecule has 0 aromatic heterocycles. The number of nitrogens with two attached hydrogens (primary N) is 1. The Morgan fingerprint density at radius 1 is 1.13 bits per heavy atom. The van der Waals surface area contributed by atoms with Gasteiger partial charge in [0.15, 0.2) is 11.4 Å². The van der Waals surface area contributed by atoms with Gasteiger partial charge in [-0.2, -0.15) is 10.0 Å². The van der Waals surface area contributed by atoms with Gasteiger partial charge in [-0.3, -0.25) is 19.3 Å². The van der Waals surface area contributed by atoms with Crippen molar-refractivity contribution in [3.8, 4) is 16.9 Å². The molecule has 0 spiro atoms. The van der Waals surface area contributed by atoms with Crippen molar-refractivity contribution in [2.75, 3.05) is 51.9 Å². The lowest BCUT2D eigenvalue weighted by molar-refractivity contribution is -0.148. The van der Waals surface area contributed by atoms with E-state index in [4.69, 9.17) is 5.73 Å². The van der Waals surface area contributed by atoms with Gasteiger partial charge in [-0.15, -0.1) is 0 Å². The van der Waals surface area contributed by atoms with Gasteiger partial charge in [0.1, 0.15) is 22.8 Å². The van der Waals surface area contributed by atoms with Crippen LogP contribution in [0, 0.1) is 23.0 Å². The topological polar surface area (TPSA) is 165 Å². The van der Waals surface area contributed by atoms with E-state index in [-0.39, 0.29) is 35.3 Å². The third kappa shape index (κ3) is 4.27. The van der Waals surface area contributed by atoms with Gasteiger partial charge in [0, 0.05) is 31.3 Å². The molecule has 0 radical (unpaired) electrons. The quantitative estimate of drug-likeness (QED) is 0.271. The molecule has 0 aliphatic heterocycles. The molecule has 11 heteroatoms. The van der Waals surface area contributed by atoms with Crippen molar-refractivity contribution in [2.24, 2.45) is 17.6 Å². The van der Waals surface area contributed by atoms with Crippen LogP contribution in [0.15, 0.2) is 28.7 Å². The lowest BCUT2D eigenvalue weighted by Crippen LogP contribution is -2.63. The number of rotatable bonds is 3. The first-order chi connectivity index (χ1) is 17.9. The molecule has 1 aromatic rings. The van der Waals surface area contributed by atoms with Gasteiger partial charge < -0.3 is 31.1 Å². The maximum atomic E-state index is 14.0. The first-order valence-corrected chi connectivity index (χ1v) is 15.2. The third-order valence-corrected chi connectivity index (χ3v) is 8.39. The van der Waals surface area contributed by atoms with Gasteiger partial charge >= 0.3 is 0 Å². The molecule has 0 saturated heterocycles. The summed E-state index contributed by atoms with van der Waals surface area (Å²) in [6.45, 7) is 0. The van der Waals surface area contributed by atoms with E-state index in [1.807, 2.05) is 37.8 Å². The molecule has 1 aromatic carbocycles. The second kappa shape index (κ2) is 9.33. The fourth-order valence-corrected chi connectivity index (χ4v) is 6.42. The van der Waals surface area contributed by atoms with Crippen molar-refractivity contribution in [1.29, 1.82) is 0 Å². The highest BCUT2D eigenvalue weighted by atomic mass is 32.3. The van der Waals surface area contributed by atoms with Crippen LogP contribution in [0.25, 0.3) is 0 Å². The number of benzene rings is 1. The fraction of sp³-hybridized carbons (Fsp3) is 0.464. The van der Waals surface area contributed by atoms with Gasteiger partial charge in [-0.25, -0.2) is 0 Å². The number of primary amides is 1. The highest BCUT2D eigenvalue weighted by Crippen LogP contribution is 2.53. The smallest absolute Gasteiger partial charge is 0.255 e. The van der Waals surface area contributed by atoms with Crippen LogP contribution in [0.2, 0.25) is 0 Å². The van der Waals surface area contributed by atoms with Gasteiger partial charge in [0.05, 0.1) is 17.2 Å². The number of Topliss-reactive ketones (excluding diaryl/α,β-unsaturated/α-hetero) is 2. The summed E-state index contributed by atoms with van der Waals surface area (Å²) >= 11 is 0. The molecule has 3 aliphatic carbocycles. The molecule has 1 amide bonds. The zero-order chi connectivity index (χ0) is 29.4. The van der Waals surface area contributed by atoms with Crippen molar-refractivity contribution in [3.63, 3.8) is 0 Å². The Morgan fingerprint density at radius 2 is 1.74 bits per heavy atom. The summed E-state index contributed by atoms with van der Waals surface area (Å²) in [7, 11) is 5.56. The van der Waals surface area contributed by atoms with Crippen molar-refractivity contribution < 1.29 is 34.8 Å². The SMILES string of the molecule is CN(C)c1cc(C#CS(C)(C)C)c(O)c2c1C[C@@H]1C[C@@H]3[C@@H](N(C)C)C(O)=C(C(N)=O)C(=O)[C@]3(O)C(O)=C1C2=O. The van der Waals surface area contributed by atoms with Crippen LogP contribution in [0.5, 0.6) is 5.75 Å². The van der Waals surface area contributed by atoms with Crippen LogP contribution in [0.1, 0.15) is 27.9 Å². The molecule has 0 unspecified atom stereocenters. The van der Waals surface area contributed by atoms with E-state index in [0.717, 1.165) is 0 Å². The summed E-state index contributed by atoms with van der Waals surface area (Å²) in [5.41, 5.74) is 3.13. The molecular formula is C28H35N3O7S. The minimum absolute atomic E-state index is 0.0360. The molecule has 0 heterocycles. The number of anilines is 1. The Kier molecular flexibility index (Phi) is 6.83. The second-order valence-corrected chi connectivity index (χ2v) is 15.4. The second-order valence-electron chi connectivity index (χ2n) is 11.6. The number of allylic oxidation sites excluding steroid dienone is 1. The Bertz CT molecular complexity index is 1440. The van der Waals surface area contributed by atoms with Gasteiger partial charge in [-0.1, -0.05) is 5.92 Å². The number of ketones is 2. The molecule has 4 rings (SSSR count). The number of phenols is 1. The van der Waals surface area contributed by atoms with Crippen LogP contribution < -0.4 is 10.6 Å². The molecule has 0 bridgehead atoms. The average molecular weight is 558 g/mol. The zero-order valence-electron chi connectivity index (χ0n) is 23.1. The molecule has 0 saturated carbocycles. The highest BCUT2D eigenvalue weighted by molar-refractivity contribution is 8.35. The number of likely N-dealkylation sites (N-methyl/N-ethyl adjacent to an activating group) is 1. The predicted molar refractivity (Wildman–Crippen MR) is 150 cm³/mol. The number of hydrogen-bond acceptors (Lipinski definition) is 9. The number of amides is 1. The lowest BCUT2D eigenvalue weighted by Gasteiger charge is -2.50. The molecule has 3 aliphatic rings. The molecule has 6 N–H and O–H groups in total. The summed E-state index contributed by atoms with van der Waals surface area (Å²) in [6, 6.07) is 0.697. The molecule has 210 valence electrons. The molecule has 10 nitrogen and oxygen atoms in total. The van der Waals surface area contributed by atoms with Crippen molar-refractivity contribution in [1.82, 2.24) is 4.90 Å². The van der Waals surface area contributed by atoms with E-state index < -0.39 is 68.1 Å². The number of nitrogens with zero attached hydrogens (tertiary/aromatic N) is 2. The number of fused-ring (bicyclic) bond motifs is 3. The van der Waals surface area contributed by atoms with E-state index >= 15 is 0 Å². The standard InChI is InChI=1S/C28H35N3O7S/c1-30(2)17-12-13(8-9-39(5,6)7)22(32)19-15(17)10-14-11-16-21(31(3)4)24(34)20(27(29)37)26(36)28(16,38)25(35)18(14)23(19)33/h12,14,16,21,32,34-35,38H,10-11H2,1-7H3,(H2,29,37)/t14-,16-,21-,28-/m1/s1. The van der Waals surface area contributed by atoms with Crippen molar-refractivity contribution in [2.45, 2.75) is 24.5 Å². The first-order valence-electron chi connectivity index (χ1n) is 12.4. The van der Waals surface area contributed by atoms with Crippen LogP contribution in [0.3, 0.4) is 0 Å². The average Bonchev–Trinajstić information content (AvgIpc) is 2.79. The summed E-state index contributed by atoms with van der Waals surface area (Å²) in [5, 5.41) is 48.4. The Hall–Kier alpha value is -3.46. The van der Waals surface area contributed by atoms with E-state index in [9.17, 15) is 34.8 Å². The van der Waals surface area contributed by atoms with E-state index in [1.165, 1.54) is 4.90 Å². The number of carbonyl (C=O) groups excluding carboxylic acids is 3. The third-order valence-electron chi connectivity index (χ3n) is 7.67. The maximum Gasteiger partial charge on any atom is 0.255 e. The van der Waals surface area contributed by atoms with Crippen molar-refractivity contribution >= 4 is 33.2 Å². The van der Waals surface area contributed by atoms with E-state index in [1.54, 1.807) is 20.2 Å². The van der Waals surface area contributed by atoms with E-state index in [2.05, 4.69) is 11.2 Å². The normalized spacial score (nSPS) is 26.9. The summed E-state index contributed by atoms with van der Waals surface area (Å²) in [4.78, 5) is 42.9.